The second-order valence-corrected chi connectivity index (χ2v) is 5.46. The zero-order chi connectivity index (χ0) is 15.0. The van der Waals surface area contributed by atoms with Crippen LogP contribution in [0.15, 0.2) is 36.4 Å². The summed E-state index contributed by atoms with van der Waals surface area (Å²) in [6.07, 6.45) is 0. The van der Waals surface area contributed by atoms with Gasteiger partial charge in [-0.05, 0) is 43.5 Å². The third kappa shape index (κ3) is 2.45. The highest BCUT2D eigenvalue weighted by Gasteiger charge is 2.13. The minimum absolute atomic E-state index is 0.385. The standard InChI is InChI=1S/C17H15ClN2O/c1-10-8-9-11(2)15(12(10)3)21-17-14-7-5-4-6-13(14)16(18)19-20-17/h4-9H,1-3H3. The van der Waals surface area contributed by atoms with Crippen LogP contribution < -0.4 is 4.74 Å². The number of fused-ring (bicyclic) bond motifs is 1. The molecule has 0 atom stereocenters. The molecule has 0 amide bonds. The molecule has 0 aliphatic heterocycles. The van der Waals surface area contributed by atoms with E-state index in [1.165, 1.54) is 5.56 Å². The Labute approximate surface area is 128 Å². The van der Waals surface area contributed by atoms with E-state index in [0.29, 0.717) is 11.0 Å². The van der Waals surface area contributed by atoms with Crippen molar-refractivity contribution in [3.05, 3.63) is 58.2 Å². The van der Waals surface area contributed by atoms with Gasteiger partial charge in [0, 0.05) is 10.8 Å². The summed E-state index contributed by atoms with van der Waals surface area (Å²) in [5.74, 6) is 1.31. The summed E-state index contributed by atoms with van der Waals surface area (Å²) in [7, 11) is 0. The lowest BCUT2D eigenvalue weighted by molar-refractivity contribution is 0.454. The van der Waals surface area contributed by atoms with E-state index in [1.54, 1.807) is 0 Å². The lowest BCUT2D eigenvalue weighted by Gasteiger charge is -2.14. The van der Waals surface area contributed by atoms with Crippen molar-refractivity contribution < 1.29 is 4.74 Å². The van der Waals surface area contributed by atoms with Gasteiger partial charge in [0.25, 0.3) is 0 Å². The fourth-order valence-electron chi connectivity index (χ4n) is 2.30. The molecular formula is C17H15ClN2O. The molecule has 0 saturated heterocycles. The first-order valence-electron chi connectivity index (χ1n) is 6.73. The van der Waals surface area contributed by atoms with Crippen LogP contribution in [0.1, 0.15) is 16.7 Å². The first-order chi connectivity index (χ1) is 10.1. The van der Waals surface area contributed by atoms with Crippen molar-refractivity contribution >= 4 is 22.4 Å². The lowest BCUT2D eigenvalue weighted by Crippen LogP contribution is -1.97. The Morgan fingerprint density at radius 2 is 1.52 bits per heavy atom. The summed E-state index contributed by atoms with van der Waals surface area (Å²) in [5.41, 5.74) is 3.36. The minimum Gasteiger partial charge on any atom is -0.436 e. The average Bonchev–Trinajstić information content (AvgIpc) is 2.50. The number of benzene rings is 2. The van der Waals surface area contributed by atoms with Crippen molar-refractivity contribution in [3.8, 4) is 11.6 Å². The van der Waals surface area contributed by atoms with Crippen molar-refractivity contribution in [1.29, 1.82) is 0 Å². The molecule has 0 radical (unpaired) electrons. The zero-order valence-corrected chi connectivity index (χ0v) is 12.9. The van der Waals surface area contributed by atoms with Crippen LogP contribution in [0.5, 0.6) is 11.6 Å². The SMILES string of the molecule is Cc1ccc(C)c(Oc2nnc(Cl)c3ccccc23)c1C. The molecule has 0 aliphatic carbocycles. The molecule has 4 heteroatoms. The molecule has 1 aromatic heterocycles. The molecule has 1 heterocycles. The number of nitrogens with zero attached hydrogens (tertiary/aromatic N) is 2. The summed E-state index contributed by atoms with van der Waals surface area (Å²) in [6, 6.07) is 11.8. The van der Waals surface area contributed by atoms with Crippen LogP contribution in [0, 0.1) is 20.8 Å². The van der Waals surface area contributed by atoms with Gasteiger partial charge in [-0.2, -0.15) is 0 Å². The van der Waals surface area contributed by atoms with Gasteiger partial charge in [0.2, 0.25) is 5.88 Å². The molecule has 0 fully saturated rings. The van der Waals surface area contributed by atoms with Crippen LogP contribution in [0.3, 0.4) is 0 Å². The quantitative estimate of drug-likeness (QED) is 0.667. The monoisotopic (exact) mass is 298 g/mol. The van der Waals surface area contributed by atoms with Gasteiger partial charge >= 0.3 is 0 Å². The highest BCUT2D eigenvalue weighted by Crippen LogP contribution is 2.34. The maximum absolute atomic E-state index is 6.09. The van der Waals surface area contributed by atoms with E-state index in [4.69, 9.17) is 16.3 Å². The number of hydrogen-bond donors (Lipinski definition) is 0. The first-order valence-corrected chi connectivity index (χ1v) is 7.11. The Bertz CT molecular complexity index is 830. The second-order valence-electron chi connectivity index (χ2n) is 5.10. The van der Waals surface area contributed by atoms with Crippen molar-refractivity contribution in [2.75, 3.05) is 0 Å². The first kappa shape index (κ1) is 13.8. The Morgan fingerprint density at radius 3 is 2.29 bits per heavy atom. The average molecular weight is 299 g/mol. The van der Waals surface area contributed by atoms with Crippen molar-refractivity contribution in [3.63, 3.8) is 0 Å². The Balaban J connectivity index is 2.16. The number of aryl methyl sites for hydroxylation is 2. The minimum atomic E-state index is 0.385. The number of rotatable bonds is 2. The van der Waals surface area contributed by atoms with E-state index >= 15 is 0 Å². The highest BCUT2D eigenvalue weighted by molar-refractivity contribution is 6.34. The number of ether oxygens (including phenoxy) is 1. The predicted octanol–water partition coefficient (Wildman–Crippen LogP) is 5.00. The van der Waals surface area contributed by atoms with Crippen LogP contribution in [-0.4, -0.2) is 10.2 Å². The molecule has 106 valence electrons. The van der Waals surface area contributed by atoms with Gasteiger partial charge in [0.15, 0.2) is 5.15 Å². The summed E-state index contributed by atoms with van der Waals surface area (Å²) >= 11 is 6.09. The molecule has 0 N–H and O–H groups in total. The van der Waals surface area contributed by atoms with Gasteiger partial charge in [-0.25, -0.2) is 0 Å². The Morgan fingerprint density at radius 1 is 0.857 bits per heavy atom. The molecule has 3 nitrogen and oxygen atoms in total. The number of halogens is 1. The van der Waals surface area contributed by atoms with E-state index in [2.05, 4.69) is 23.2 Å². The molecule has 0 aliphatic rings. The molecule has 0 saturated carbocycles. The Hall–Kier alpha value is -2.13. The van der Waals surface area contributed by atoms with Gasteiger partial charge in [-0.1, -0.05) is 41.9 Å². The topological polar surface area (TPSA) is 35.0 Å². The van der Waals surface area contributed by atoms with E-state index in [0.717, 1.165) is 27.6 Å². The number of aromatic nitrogens is 2. The van der Waals surface area contributed by atoms with Crippen molar-refractivity contribution in [2.24, 2.45) is 0 Å². The van der Waals surface area contributed by atoms with E-state index in [1.807, 2.05) is 44.2 Å². The van der Waals surface area contributed by atoms with Gasteiger partial charge in [0.05, 0.1) is 0 Å². The third-order valence-electron chi connectivity index (χ3n) is 3.68. The van der Waals surface area contributed by atoms with Gasteiger partial charge in [-0.3, -0.25) is 0 Å². The summed E-state index contributed by atoms with van der Waals surface area (Å²) in [5, 5.41) is 10.2. The molecule has 21 heavy (non-hydrogen) atoms. The van der Waals surface area contributed by atoms with Crippen molar-refractivity contribution in [1.82, 2.24) is 10.2 Å². The van der Waals surface area contributed by atoms with E-state index in [-0.39, 0.29) is 0 Å². The molecule has 0 unspecified atom stereocenters. The van der Waals surface area contributed by atoms with E-state index < -0.39 is 0 Å². The van der Waals surface area contributed by atoms with Crippen LogP contribution in [0.2, 0.25) is 5.15 Å². The molecular weight excluding hydrogens is 284 g/mol. The summed E-state index contributed by atoms with van der Waals surface area (Å²) in [6.45, 7) is 6.13. The summed E-state index contributed by atoms with van der Waals surface area (Å²) in [4.78, 5) is 0. The van der Waals surface area contributed by atoms with Gasteiger partial charge < -0.3 is 4.74 Å². The molecule has 3 aromatic rings. The summed E-state index contributed by atoms with van der Waals surface area (Å²) < 4.78 is 6.06. The third-order valence-corrected chi connectivity index (χ3v) is 3.96. The fourth-order valence-corrected chi connectivity index (χ4v) is 2.50. The lowest BCUT2D eigenvalue weighted by atomic mass is 10.1. The maximum Gasteiger partial charge on any atom is 0.246 e. The molecule has 2 aromatic carbocycles. The fraction of sp³-hybridized carbons (Fsp3) is 0.176. The predicted molar refractivity (Wildman–Crippen MR) is 85.3 cm³/mol. The van der Waals surface area contributed by atoms with Gasteiger partial charge in [-0.15, -0.1) is 10.2 Å². The zero-order valence-electron chi connectivity index (χ0n) is 12.1. The van der Waals surface area contributed by atoms with Gasteiger partial charge in [0.1, 0.15) is 5.75 Å². The highest BCUT2D eigenvalue weighted by atomic mass is 35.5. The van der Waals surface area contributed by atoms with Crippen LogP contribution >= 0.6 is 11.6 Å². The van der Waals surface area contributed by atoms with Crippen molar-refractivity contribution in [2.45, 2.75) is 20.8 Å². The largest absolute Gasteiger partial charge is 0.436 e. The van der Waals surface area contributed by atoms with Crippen LogP contribution in [0.25, 0.3) is 10.8 Å². The molecule has 0 spiro atoms. The smallest absolute Gasteiger partial charge is 0.246 e. The second kappa shape index (κ2) is 5.34. The van der Waals surface area contributed by atoms with Crippen LogP contribution in [-0.2, 0) is 0 Å². The molecule has 0 bridgehead atoms. The molecule has 3 rings (SSSR count). The van der Waals surface area contributed by atoms with Crippen LogP contribution in [0.4, 0.5) is 0 Å². The normalized spacial score (nSPS) is 10.9. The van der Waals surface area contributed by atoms with E-state index in [9.17, 15) is 0 Å². The Kier molecular flexibility index (Phi) is 3.52. The maximum atomic E-state index is 6.09. The number of hydrogen-bond acceptors (Lipinski definition) is 3.